The first-order valence-electron chi connectivity index (χ1n) is 8.92. The number of hydrogen-bond donors (Lipinski definition) is 2. The molecule has 0 unspecified atom stereocenters. The third kappa shape index (κ3) is 6.90. The minimum absolute atomic E-state index is 0. The first kappa shape index (κ1) is 23.0. The Balaban J connectivity index is 0.00000300. The molecule has 9 heteroatoms. The van der Waals surface area contributed by atoms with Crippen molar-refractivity contribution in [2.75, 3.05) is 20.7 Å². The summed E-state index contributed by atoms with van der Waals surface area (Å²) in [5.74, 6) is 1.54. The summed E-state index contributed by atoms with van der Waals surface area (Å²) < 4.78 is 7.02. The van der Waals surface area contributed by atoms with Crippen molar-refractivity contribution in [1.29, 1.82) is 0 Å². The second kappa shape index (κ2) is 11.6. The standard InChI is InChI=1S/C20H23ClN6O.HI/c1-22-20(23-11-9-15-3-8-19(21)24-13-15)25-14-16-10-12-27(26-16)17-4-6-18(28-2)7-5-17;/h3-8,10,12-13H,9,11,14H2,1-2H3,(H2,22,23,25);1H. The minimum atomic E-state index is 0. The van der Waals surface area contributed by atoms with Crippen molar-refractivity contribution in [3.05, 3.63) is 71.3 Å². The maximum Gasteiger partial charge on any atom is 0.191 e. The van der Waals surface area contributed by atoms with E-state index in [0.29, 0.717) is 11.7 Å². The van der Waals surface area contributed by atoms with E-state index in [-0.39, 0.29) is 24.0 Å². The molecule has 3 rings (SSSR count). The van der Waals surface area contributed by atoms with Gasteiger partial charge in [-0.3, -0.25) is 4.99 Å². The van der Waals surface area contributed by atoms with Crippen LogP contribution in [0.4, 0.5) is 0 Å². The summed E-state index contributed by atoms with van der Waals surface area (Å²) in [6.45, 7) is 1.31. The number of guanidine groups is 1. The van der Waals surface area contributed by atoms with Crippen LogP contribution in [0.25, 0.3) is 5.69 Å². The molecule has 0 spiro atoms. The van der Waals surface area contributed by atoms with E-state index in [4.69, 9.17) is 16.3 Å². The van der Waals surface area contributed by atoms with E-state index in [1.165, 1.54) is 0 Å². The number of aliphatic imine (C=N–C) groups is 1. The maximum atomic E-state index is 5.80. The Morgan fingerprint density at radius 1 is 1.14 bits per heavy atom. The Kier molecular flexibility index (Phi) is 9.20. The van der Waals surface area contributed by atoms with E-state index >= 15 is 0 Å². The van der Waals surface area contributed by atoms with Gasteiger partial charge in [-0.15, -0.1) is 24.0 Å². The molecule has 154 valence electrons. The monoisotopic (exact) mass is 526 g/mol. The lowest BCUT2D eigenvalue weighted by Gasteiger charge is -2.11. The molecule has 0 atom stereocenters. The quantitative estimate of drug-likeness (QED) is 0.213. The second-order valence-electron chi connectivity index (χ2n) is 6.04. The van der Waals surface area contributed by atoms with Crippen LogP contribution >= 0.6 is 35.6 Å². The van der Waals surface area contributed by atoms with Crippen LogP contribution in [0.15, 0.2) is 59.9 Å². The van der Waals surface area contributed by atoms with E-state index in [1.807, 2.05) is 47.3 Å². The van der Waals surface area contributed by atoms with Crippen molar-refractivity contribution < 1.29 is 4.74 Å². The SMILES string of the molecule is CN=C(NCCc1ccc(Cl)nc1)NCc1ccn(-c2ccc(OC)cc2)n1.I. The van der Waals surface area contributed by atoms with E-state index in [2.05, 4.69) is 25.7 Å². The summed E-state index contributed by atoms with van der Waals surface area (Å²) in [5, 5.41) is 11.6. The molecule has 0 aliphatic rings. The summed E-state index contributed by atoms with van der Waals surface area (Å²) >= 11 is 5.80. The molecule has 0 radical (unpaired) electrons. The van der Waals surface area contributed by atoms with Gasteiger partial charge in [-0.05, 0) is 48.4 Å². The van der Waals surface area contributed by atoms with Gasteiger partial charge < -0.3 is 15.4 Å². The number of halogens is 2. The van der Waals surface area contributed by atoms with Crippen molar-refractivity contribution in [3.63, 3.8) is 0 Å². The second-order valence-corrected chi connectivity index (χ2v) is 6.43. The highest BCUT2D eigenvalue weighted by molar-refractivity contribution is 14.0. The largest absolute Gasteiger partial charge is 0.497 e. The fourth-order valence-corrected chi connectivity index (χ4v) is 2.72. The number of aromatic nitrogens is 3. The smallest absolute Gasteiger partial charge is 0.191 e. The molecule has 0 saturated carbocycles. The fourth-order valence-electron chi connectivity index (χ4n) is 2.61. The van der Waals surface area contributed by atoms with Gasteiger partial charge >= 0.3 is 0 Å². The van der Waals surface area contributed by atoms with Gasteiger partial charge in [0.1, 0.15) is 10.9 Å². The number of methoxy groups -OCH3 is 1. The highest BCUT2D eigenvalue weighted by Gasteiger charge is 2.04. The maximum absolute atomic E-state index is 5.80. The van der Waals surface area contributed by atoms with Gasteiger partial charge in [-0.25, -0.2) is 9.67 Å². The topological polar surface area (TPSA) is 76.4 Å². The van der Waals surface area contributed by atoms with E-state index in [1.54, 1.807) is 26.4 Å². The molecule has 1 aromatic carbocycles. The van der Waals surface area contributed by atoms with E-state index < -0.39 is 0 Å². The summed E-state index contributed by atoms with van der Waals surface area (Å²) in [6.07, 6.45) is 4.55. The molecule has 2 aromatic heterocycles. The summed E-state index contributed by atoms with van der Waals surface area (Å²) in [7, 11) is 3.40. The van der Waals surface area contributed by atoms with Gasteiger partial charge in [-0.2, -0.15) is 5.10 Å². The molecule has 0 bridgehead atoms. The molecule has 2 N–H and O–H groups in total. The fraction of sp³-hybridized carbons (Fsp3) is 0.250. The molecule has 0 amide bonds. The molecule has 0 aliphatic heterocycles. The number of nitrogens with one attached hydrogen (secondary N) is 2. The number of benzene rings is 1. The molecule has 0 saturated heterocycles. The molecule has 7 nitrogen and oxygen atoms in total. The number of hydrogen-bond acceptors (Lipinski definition) is 4. The Morgan fingerprint density at radius 2 is 1.93 bits per heavy atom. The average molecular weight is 527 g/mol. The van der Waals surface area contributed by atoms with Gasteiger partial charge in [0.15, 0.2) is 5.96 Å². The van der Waals surface area contributed by atoms with Crippen molar-refractivity contribution in [2.24, 2.45) is 4.99 Å². The van der Waals surface area contributed by atoms with Crippen molar-refractivity contribution >= 4 is 41.5 Å². The zero-order valence-electron chi connectivity index (χ0n) is 16.3. The zero-order chi connectivity index (χ0) is 19.8. The molecule has 2 heterocycles. The molecule has 29 heavy (non-hydrogen) atoms. The van der Waals surface area contributed by atoms with Gasteiger partial charge in [0.2, 0.25) is 0 Å². The summed E-state index contributed by atoms with van der Waals surface area (Å²) in [6, 6.07) is 13.5. The summed E-state index contributed by atoms with van der Waals surface area (Å²) in [4.78, 5) is 8.33. The molecule has 3 aromatic rings. The number of ether oxygens (including phenoxy) is 1. The Morgan fingerprint density at radius 3 is 2.59 bits per heavy atom. The number of pyridine rings is 1. The van der Waals surface area contributed by atoms with Crippen LogP contribution in [-0.4, -0.2) is 41.4 Å². The molecular weight excluding hydrogens is 503 g/mol. The molecule has 0 fully saturated rings. The lowest BCUT2D eigenvalue weighted by Crippen LogP contribution is -2.38. The highest BCUT2D eigenvalue weighted by Crippen LogP contribution is 2.14. The lowest BCUT2D eigenvalue weighted by atomic mass is 10.2. The Labute approximate surface area is 192 Å². The number of rotatable bonds is 7. The van der Waals surface area contributed by atoms with Crippen LogP contribution in [0.2, 0.25) is 5.15 Å². The predicted molar refractivity (Wildman–Crippen MR) is 127 cm³/mol. The average Bonchev–Trinajstić information content (AvgIpc) is 3.21. The Bertz CT molecular complexity index is 911. The van der Waals surface area contributed by atoms with Gasteiger partial charge in [0.25, 0.3) is 0 Å². The zero-order valence-corrected chi connectivity index (χ0v) is 19.4. The van der Waals surface area contributed by atoms with Crippen molar-refractivity contribution in [1.82, 2.24) is 25.4 Å². The minimum Gasteiger partial charge on any atom is -0.497 e. The predicted octanol–water partition coefficient (Wildman–Crippen LogP) is 3.46. The van der Waals surface area contributed by atoms with Crippen LogP contribution in [0.3, 0.4) is 0 Å². The third-order valence-corrected chi connectivity index (χ3v) is 4.36. The van der Waals surface area contributed by atoms with Gasteiger partial charge in [0, 0.05) is 26.0 Å². The number of nitrogens with zero attached hydrogens (tertiary/aromatic N) is 4. The van der Waals surface area contributed by atoms with Crippen LogP contribution in [0.1, 0.15) is 11.3 Å². The van der Waals surface area contributed by atoms with Crippen molar-refractivity contribution in [2.45, 2.75) is 13.0 Å². The van der Waals surface area contributed by atoms with Crippen LogP contribution in [-0.2, 0) is 13.0 Å². The van der Waals surface area contributed by atoms with Crippen LogP contribution in [0, 0.1) is 0 Å². The van der Waals surface area contributed by atoms with E-state index in [9.17, 15) is 0 Å². The first-order chi connectivity index (χ1) is 13.7. The highest BCUT2D eigenvalue weighted by atomic mass is 127. The van der Waals surface area contributed by atoms with Gasteiger partial charge in [0.05, 0.1) is 25.0 Å². The first-order valence-corrected chi connectivity index (χ1v) is 9.29. The molecular formula is C20H24ClIN6O. The molecule has 0 aliphatic carbocycles. The van der Waals surface area contributed by atoms with E-state index in [0.717, 1.165) is 41.6 Å². The Hall–Kier alpha value is -2.33. The summed E-state index contributed by atoms with van der Waals surface area (Å²) in [5.41, 5.74) is 3.01. The van der Waals surface area contributed by atoms with Crippen molar-refractivity contribution in [3.8, 4) is 11.4 Å². The lowest BCUT2D eigenvalue weighted by molar-refractivity contribution is 0.414. The third-order valence-electron chi connectivity index (χ3n) is 4.14. The van der Waals surface area contributed by atoms with Crippen LogP contribution < -0.4 is 15.4 Å². The normalized spacial score (nSPS) is 10.9. The van der Waals surface area contributed by atoms with Gasteiger partial charge in [-0.1, -0.05) is 17.7 Å². The van der Waals surface area contributed by atoms with Crippen LogP contribution in [0.5, 0.6) is 5.75 Å².